The van der Waals surface area contributed by atoms with E-state index in [2.05, 4.69) is 5.32 Å². The fraction of sp³-hybridized carbons (Fsp3) is 0.440. The first-order valence-corrected chi connectivity index (χ1v) is 13.6. The van der Waals surface area contributed by atoms with Crippen molar-refractivity contribution in [3.8, 4) is 11.5 Å². The van der Waals surface area contributed by atoms with Gasteiger partial charge in [-0.1, -0.05) is 44.2 Å². The number of carbonyl (C=O) groups excluding carboxylic acids is 2. The third-order valence-electron chi connectivity index (χ3n) is 5.62. The molecule has 0 aromatic heterocycles. The Morgan fingerprint density at radius 3 is 2.34 bits per heavy atom. The number of amides is 2. The molecular weight excluding hydrogens is 470 g/mol. The van der Waals surface area contributed by atoms with Crippen molar-refractivity contribution in [3.05, 3.63) is 54.1 Å². The van der Waals surface area contributed by atoms with Gasteiger partial charge in [0.2, 0.25) is 21.8 Å². The maximum atomic E-state index is 13.6. The fourth-order valence-electron chi connectivity index (χ4n) is 3.87. The highest BCUT2D eigenvalue weighted by Gasteiger charge is 2.32. The van der Waals surface area contributed by atoms with Crippen molar-refractivity contribution in [3.63, 3.8) is 0 Å². The molecule has 0 bridgehead atoms. The molecule has 0 aliphatic carbocycles. The van der Waals surface area contributed by atoms with Crippen LogP contribution in [-0.4, -0.2) is 63.7 Å². The number of nitrogens with one attached hydrogen (secondary N) is 1. The minimum Gasteiger partial charge on any atom is -0.486 e. The number of sulfonamides is 1. The van der Waals surface area contributed by atoms with Crippen LogP contribution in [0.2, 0.25) is 0 Å². The van der Waals surface area contributed by atoms with Crippen LogP contribution in [0.4, 0.5) is 5.69 Å². The van der Waals surface area contributed by atoms with Crippen molar-refractivity contribution in [2.75, 3.05) is 36.9 Å². The third kappa shape index (κ3) is 6.88. The molecule has 0 saturated heterocycles. The first-order valence-electron chi connectivity index (χ1n) is 11.7. The molecule has 1 aliphatic heterocycles. The Morgan fingerprint density at radius 1 is 1.03 bits per heavy atom. The van der Waals surface area contributed by atoms with E-state index in [0.717, 1.165) is 22.5 Å². The highest BCUT2D eigenvalue weighted by atomic mass is 32.2. The van der Waals surface area contributed by atoms with E-state index in [-0.39, 0.29) is 18.1 Å². The van der Waals surface area contributed by atoms with E-state index >= 15 is 0 Å². The molecule has 1 aliphatic rings. The molecule has 1 heterocycles. The summed E-state index contributed by atoms with van der Waals surface area (Å²) < 4.78 is 37.6. The predicted molar refractivity (Wildman–Crippen MR) is 134 cm³/mol. The second-order valence-corrected chi connectivity index (χ2v) is 10.2. The zero-order valence-corrected chi connectivity index (χ0v) is 21.2. The van der Waals surface area contributed by atoms with Gasteiger partial charge in [-0.2, -0.15) is 0 Å². The zero-order chi connectivity index (χ0) is 25.4. The zero-order valence-electron chi connectivity index (χ0n) is 20.4. The Labute approximate surface area is 207 Å². The van der Waals surface area contributed by atoms with Gasteiger partial charge in [-0.25, -0.2) is 8.42 Å². The van der Waals surface area contributed by atoms with Gasteiger partial charge >= 0.3 is 0 Å². The maximum absolute atomic E-state index is 13.6. The third-order valence-corrected chi connectivity index (χ3v) is 6.76. The number of anilines is 1. The lowest BCUT2D eigenvalue weighted by Gasteiger charge is -2.33. The van der Waals surface area contributed by atoms with Gasteiger partial charge in [0.25, 0.3) is 0 Å². The number of ether oxygens (including phenoxy) is 2. The van der Waals surface area contributed by atoms with Crippen molar-refractivity contribution < 1.29 is 27.5 Å². The normalized spacial score (nSPS) is 13.6. The number of carbonyl (C=O) groups is 2. The largest absolute Gasteiger partial charge is 0.486 e. The van der Waals surface area contributed by atoms with Crippen LogP contribution in [0.1, 0.15) is 32.3 Å². The summed E-state index contributed by atoms with van der Waals surface area (Å²) in [7, 11) is -3.82. The molecule has 35 heavy (non-hydrogen) atoms. The van der Waals surface area contributed by atoms with E-state index in [1.54, 1.807) is 18.2 Å². The van der Waals surface area contributed by atoms with E-state index in [4.69, 9.17) is 9.47 Å². The number of fused-ring (bicyclic) bond motifs is 1. The summed E-state index contributed by atoms with van der Waals surface area (Å²) in [5.74, 6) is 0.196. The number of benzene rings is 2. The molecule has 0 spiro atoms. The second-order valence-electron chi connectivity index (χ2n) is 8.32. The average Bonchev–Trinajstić information content (AvgIpc) is 2.85. The predicted octanol–water partition coefficient (Wildman–Crippen LogP) is 2.56. The molecule has 190 valence electrons. The summed E-state index contributed by atoms with van der Waals surface area (Å²) in [6, 6.07) is 13.3. The van der Waals surface area contributed by atoms with Gasteiger partial charge in [-0.3, -0.25) is 13.9 Å². The van der Waals surface area contributed by atoms with Crippen molar-refractivity contribution >= 4 is 27.5 Å². The molecule has 1 atom stereocenters. The topological polar surface area (TPSA) is 105 Å². The molecule has 1 unspecified atom stereocenters. The summed E-state index contributed by atoms with van der Waals surface area (Å²) in [5.41, 5.74) is 1.13. The lowest BCUT2D eigenvalue weighted by atomic mass is 10.1. The quantitative estimate of drug-likeness (QED) is 0.505. The van der Waals surface area contributed by atoms with Crippen molar-refractivity contribution in [2.24, 2.45) is 0 Å². The number of rotatable bonds is 11. The van der Waals surface area contributed by atoms with Gasteiger partial charge in [-0.15, -0.1) is 0 Å². The van der Waals surface area contributed by atoms with Gasteiger partial charge in [-0.05, 0) is 30.5 Å². The van der Waals surface area contributed by atoms with Gasteiger partial charge in [0.15, 0.2) is 11.5 Å². The summed E-state index contributed by atoms with van der Waals surface area (Å²) >= 11 is 0. The van der Waals surface area contributed by atoms with Gasteiger partial charge in [0, 0.05) is 19.2 Å². The van der Waals surface area contributed by atoms with Gasteiger partial charge in [0.1, 0.15) is 25.8 Å². The smallest absolute Gasteiger partial charge is 0.244 e. The average molecular weight is 504 g/mol. The molecule has 10 heteroatoms. The fourth-order valence-corrected chi connectivity index (χ4v) is 4.71. The van der Waals surface area contributed by atoms with Crippen molar-refractivity contribution in [2.45, 2.75) is 39.3 Å². The van der Waals surface area contributed by atoms with E-state index in [1.165, 1.54) is 4.90 Å². The Bertz CT molecular complexity index is 1120. The first-order chi connectivity index (χ1) is 16.7. The monoisotopic (exact) mass is 503 g/mol. The van der Waals surface area contributed by atoms with E-state index in [9.17, 15) is 18.0 Å². The Hall–Kier alpha value is -3.27. The molecule has 0 fully saturated rings. The summed E-state index contributed by atoms with van der Waals surface area (Å²) in [4.78, 5) is 28.0. The molecule has 2 amide bonds. The molecule has 9 nitrogen and oxygen atoms in total. The van der Waals surface area contributed by atoms with E-state index < -0.39 is 28.5 Å². The van der Waals surface area contributed by atoms with Crippen LogP contribution < -0.4 is 19.1 Å². The molecule has 1 N–H and O–H groups in total. The molecule has 0 saturated carbocycles. The highest BCUT2D eigenvalue weighted by Crippen LogP contribution is 2.34. The standard InChI is InChI=1S/C25H33N3O6S/c1-4-13-26-25(30)21(5-2)27(17-19-9-7-6-8-10-19)24(29)18-28(35(3,31)32)20-11-12-22-23(16-20)34-15-14-33-22/h6-12,16,21H,4-5,13-15,17-18H2,1-3H3,(H,26,30). The summed E-state index contributed by atoms with van der Waals surface area (Å²) in [5, 5.41) is 2.86. The van der Waals surface area contributed by atoms with Crippen LogP contribution in [0.3, 0.4) is 0 Å². The van der Waals surface area contributed by atoms with Crippen LogP contribution in [0, 0.1) is 0 Å². The van der Waals surface area contributed by atoms with Crippen molar-refractivity contribution in [1.29, 1.82) is 0 Å². The molecular formula is C25H33N3O6S. The summed E-state index contributed by atoms with van der Waals surface area (Å²) in [6.07, 6.45) is 2.20. The highest BCUT2D eigenvalue weighted by molar-refractivity contribution is 7.92. The van der Waals surface area contributed by atoms with Crippen LogP contribution in [0.25, 0.3) is 0 Å². The van der Waals surface area contributed by atoms with Gasteiger partial charge in [0.05, 0.1) is 11.9 Å². The van der Waals surface area contributed by atoms with E-state index in [0.29, 0.717) is 37.7 Å². The SMILES string of the molecule is CCCNC(=O)C(CC)N(Cc1ccccc1)C(=O)CN(c1ccc2c(c1)OCCO2)S(C)(=O)=O. The van der Waals surface area contributed by atoms with Crippen LogP contribution in [0.5, 0.6) is 11.5 Å². The van der Waals surface area contributed by atoms with Crippen LogP contribution >= 0.6 is 0 Å². The van der Waals surface area contributed by atoms with Crippen molar-refractivity contribution in [1.82, 2.24) is 10.2 Å². The maximum Gasteiger partial charge on any atom is 0.244 e. The molecule has 2 aromatic carbocycles. The van der Waals surface area contributed by atoms with Gasteiger partial charge < -0.3 is 19.7 Å². The number of nitrogens with zero attached hydrogens (tertiary/aromatic N) is 2. The van der Waals surface area contributed by atoms with Crippen LogP contribution in [-0.2, 0) is 26.2 Å². The minimum absolute atomic E-state index is 0.177. The lowest BCUT2D eigenvalue weighted by Crippen LogP contribution is -2.52. The number of hydrogen-bond donors (Lipinski definition) is 1. The lowest BCUT2D eigenvalue weighted by molar-refractivity contribution is -0.140. The number of hydrogen-bond acceptors (Lipinski definition) is 6. The molecule has 2 aromatic rings. The Morgan fingerprint density at radius 2 is 1.71 bits per heavy atom. The van der Waals surface area contributed by atoms with Crippen LogP contribution in [0.15, 0.2) is 48.5 Å². The molecule has 0 radical (unpaired) electrons. The Balaban J connectivity index is 1.92. The second kappa shape index (κ2) is 11.9. The Kier molecular flexibility index (Phi) is 8.97. The molecule has 3 rings (SSSR count). The first kappa shape index (κ1) is 26.3. The minimum atomic E-state index is -3.82. The van der Waals surface area contributed by atoms with E-state index in [1.807, 2.05) is 44.2 Å². The summed E-state index contributed by atoms with van der Waals surface area (Å²) in [6.45, 7) is 4.76.